The standard InChI is InChI=1S/C33H41FN4O5S/c1-36(2)44(41,42)38(30-20-11-10-19-29(30)34)24-32(39)37(23-26-15-12-18-28(21-26)43-3)31(22-25-13-6-4-7-14-25)33(40)35-27-16-8-5-9-17-27/h4,6-7,10-15,18-21,27,31H,5,8-9,16-17,22-24H2,1-3H3,(H,35,40). The van der Waals surface area contributed by atoms with E-state index in [-0.39, 0.29) is 30.6 Å². The zero-order valence-corrected chi connectivity index (χ0v) is 26.3. The van der Waals surface area contributed by atoms with Gasteiger partial charge in [-0.3, -0.25) is 9.59 Å². The van der Waals surface area contributed by atoms with Gasteiger partial charge in [0.15, 0.2) is 0 Å². The molecular formula is C33H41FN4O5S. The first-order valence-electron chi connectivity index (χ1n) is 14.8. The number of hydrogen-bond acceptors (Lipinski definition) is 5. The van der Waals surface area contributed by atoms with E-state index in [0.29, 0.717) is 11.3 Å². The number of amides is 2. The van der Waals surface area contributed by atoms with Crippen LogP contribution >= 0.6 is 0 Å². The maximum absolute atomic E-state index is 15.0. The van der Waals surface area contributed by atoms with Crippen LogP contribution in [0.3, 0.4) is 0 Å². The number of nitrogens with zero attached hydrogens (tertiary/aromatic N) is 3. The first kappa shape index (κ1) is 32.9. The van der Waals surface area contributed by atoms with E-state index >= 15 is 4.39 Å². The third-order valence-corrected chi connectivity index (χ3v) is 9.66. The van der Waals surface area contributed by atoms with Crippen LogP contribution in [0, 0.1) is 5.82 Å². The lowest BCUT2D eigenvalue weighted by Crippen LogP contribution is -2.55. The summed E-state index contributed by atoms with van der Waals surface area (Å²) in [6.45, 7) is -0.716. The smallest absolute Gasteiger partial charge is 0.304 e. The molecule has 3 aromatic carbocycles. The van der Waals surface area contributed by atoms with Crippen LogP contribution in [-0.2, 0) is 32.8 Å². The fourth-order valence-electron chi connectivity index (χ4n) is 5.42. The first-order chi connectivity index (χ1) is 21.1. The van der Waals surface area contributed by atoms with Gasteiger partial charge in [-0.05, 0) is 48.2 Å². The molecule has 1 atom stereocenters. The van der Waals surface area contributed by atoms with Gasteiger partial charge >= 0.3 is 10.2 Å². The van der Waals surface area contributed by atoms with E-state index in [9.17, 15) is 18.0 Å². The highest BCUT2D eigenvalue weighted by atomic mass is 32.2. The Hall–Kier alpha value is -3.96. The van der Waals surface area contributed by atoms with Crippen LogP contribution in [0.25, 0.3) is 0 Å². The van der Waals surface area contributed by atoms with Crippen LogP contribution in [0.2, 0.25) is 0 Å². The average Bonchev–Trinajstić information content (AvgIpc) is 3.02. The predicted octanol–water partition coefficient (Wildman–Crippen LogP) is 4.54. The molecule has 0 spiro atoms. The van der Waals surface area contributed by atoms with E-state index in [1.807, 2.05) is 36.4 Å². The van der Waals surface area contributed by atoms with Gasteiger partial charge in [0.05, 0.1) is 12.8 Å². The number of carbonyl (C=O) groups excluding carboxylic acids is 2. The van der Waals surface area contributed by atoms with E-state index in [4.69, 9.17) is 4.74 Å². The summed E-state index contributed by atoms with van der Waals surface area (Å²) in [6, 6.07) is 20.9. The van der Waals surface area contributed by atoms with Gasteiger partial charge in [0.2, 0.25) is 11.8 Å². The maximum atomic E-state index is 15.0. The Labute approximate surface area is 259 Å². The van der Waals surface area contributed by atoms with Crippen molar-refractivity contribution in [1.29, 1.82) is 0 Å². The highest BCUT2D eigenvalue weighted by molar-refractivity contribution is 7.90. The molecule has 0 heterocycles. The van der Waals surface area contributed by atoms with Gasteiger partial charge in [0.25, 0.3) is 0 Å². The van der Waals surface area contributed by atoms with E-state index in [1.54, 1.807) is 18.2 Å². The number of halogens is 1. The maximum Gasteiger partial charge on any atom is 0.304 e. The average molecular weight is 625 g/mol. The zero-order valence-electron chi connectivity index (χ0n) is 25.5. The molecule has 0 saturated heterocycles. The molecule has 1 N–H and O–H groups in total. The Balaban J connectivity index is 1.77. The lowest BCUT2D eigenvalue weighted by atomic mass is 9.94. The van der Waals surface area contributed by atoms with Crippen LogP contribution in [-0.4, -0.2) is 69.3 Å². The highest BCUT2D eigenvalue weighted by Crippen LogP contribution is 2.25. The van der Waals surface area contributed by atoms with Crippen LogP contribution in [0.4, 0.5) is 10.1 Å². The number of benzene rings is 3. The summed E-state index contributed by atoms with van der Waals surface area (Å²) in [5.41, 5.74) is 1.27. The van der Waals surface area contributed by atoms with Crippen molar-refractivity contribution in [1.82, 2.24) is 14.5 Å². The summed E-state index contributed by atoms with van der Waals surface area (Å²) in [4.78, 5) is 29.8. The van der Waals surface area contributed by atoms with E-state index < -0.39 is 34.5 Å². The van der Waals surface area contributed by atoms with Crippen molar-refractivity contribution in [3.8, 4) is 5.75 Å². The Kier molecular flexibility index (Phi) is 11.4. The minimum Gasteiger partial charge on any atom is -0.497 e. The van der Waals surface area contributed by atoms with Crippen molar-refractivity contribution in [2.45, 2.75) is 57.2 Å². The van der Waals surface area contributed by atoms with E-state index in [0.717, 1.165) is 52.3 Å². The normalized spacial score (nSPS) is 14.6. The quantitative estimate of drug-likeness (QED) is 0.301. The third kappa shape index (κ3) is 8.35. The number of anilines is 1. The topological polar surface area (TPSA) is 99.3 Å². The summed E-state index contributed by atoms with van der Waals surface area (Å²) in [5, 5.41) is 3.17. The Morgan fingerprint density at radius 3 is 2.25 bits per heavy atom. The van der Waals surface area contributed by atoms with E-state index in [2.05, 4.69) is 5.32 Å². The molecule has 0 radical (unpaired) electrons. The fraction of sp³-hybridized carbons (Fsp3) is 0.394. The summed E-state index contributed by atoms with van der Waals surface area (Å²) in [6.07, 6.45) is 5.06. The van der Waals surface area contributed by atoms with Gasteiger partial charge in [-0.25, -0.2) is 8.70 Å². The third-order valence-electron chi connectivity index (χ3n) is 7.85. The van der Waals surface area contributed by atoms with Crippen molar-refractivity contribution in [2.75, 3.05) is 32.1 Å². The largest absolute Gasteiger partial charge is 0.497 e. The molecule has 1 aliphatic rings. The molecule has 236 valence electrons. The van der Waals surface area contributed by atoms with Crippen LogP contribution in [0.15, 0.2) is 78.9 Å². The van der Waals surface area contributed by atoms with E-state index in [1.165, 1.54) is 44.3 Å². The molecule has 3 aromatic rings. The molecule has 1 aliphatic carbocycles. The highest BCUT2D eigenvalue weighted by Gasteiger charge is 2.36. The molecule has 2 amide bonds. The minimum absolute atomic E-state index is 0.00125. The summed E-state index contributed by atoms with van der Waals surface area (Å²) in [5.74, 6) is -1.18. The molecule has 4 rings (SSSR count). The molecule has 0 aromatic heterocycles. The van der Waals surface area contributed by atoms with Crippen molar-refractivity contribution in [2.24, 2.45) is 0 Å². The van der Waals surface area contributed by atoms with Crippen LogP contribution < -0.4 is 14.4 Å². The van der Waals surface area contributed by atoms with Gasteiger partial charge in [0, 0.05) is 33.1 Å². The molecule has 1 unspecified atom stereocenters. The summed E-state index contributed by atoms with van der Waals surface area (Å²) in [7, 11) is -0.124. The summed E-state index contributed by atoms with van der Waals surface area (Å²) >= 11 is 0. The van der Waals surface area contributed by atoms with Crippen LogP contribution in [0.5, 0.6) is 5.75 Å². The van der Waals surface area contributed by atoms with Crippen LogP contribution in [0.1, 0.15) is 43.2 Å². The minimum atomic E-state index is -4.30. The second-order valence-electron chi connectivity index (χ2n) is 11.2. The summed E-state index contributed by atoms with van der Waals surface area (Å²) < 4.78 is 49.0. The van der Waals surface area contributed by atoms with Gasteiger partial charge in [-0.15, -0.1) is 0 Å². The molecule has 11 heteroatoms. The Morgan fingerprint density at radius 2 is 1.59 bits per heavy atom. The molecule has 44 heavy (non-hydrogen) atoms. The van der Waals surface area contributed by atoms with Crippen molar-refractivity contribution in [3.05, 3.63) is 95.8 Å². The SMILES string of the molecule is COc1cccc(CN(C(=O)CN(c2ccccc2F)S(=O)(=O)N(C)C)C(Cc2ccccc2)C(=O)NC2CCCCC2)c1. The van der Waals surface area contributed by atoms with Gasteiger partial charge in [-0.2, -0.15) is 12.7 Å². The van der Waals surface area contributed by atoms with Gasteiger partial charge in [0.1, 0.15) is 24.2 Å². The van der Waals surface area contributed by atoms with Gasteiger partial charge < -0.3 is 15.0 Å². The number of nitrogens with one attached hydrogen (secondary N) is 1. The van der Waals surface area contributed by atoms with Crippen molar-refractivity contribution >= 4 is 27.7 Å². The fourth-order valence-corrected chi connectivity index (χ4v) is 6.49. The molecule has 1 fully saturated rings. The van der Waals surface area contributed by atoms with Crippen molar-refractivity contribution in [3.63, 3.8) is 0 Å². The van der Waals surface area contributed by atoms with Crippen molar-refractivity contribution < 1.29 is 27.1 Å². The number of methoxy groups -OCH3 is 1. The molecular weight excluding hydrogens is 583 g/mol. The second kappa shape index (κ2) is 15.2. The Bertz CT molecular complexity index is 1510. The predicted molar refractivity (Wildman–Crippen MR) is 169 cm³/mol. The molecule has 0 bridgehead atoms. The van der Waals surface area contributed by atoms with Gasteiger partial charge in [-0.1, -0.05) is 73.9 Å². The lowest BCUT2D eigenvalue weighted by Gasteiger charge is -2.35. The number of para-hydroxylation sites is 1. The molecule has 9 nitrogen and oxygen atoms in total. The number of carbonyl (C=O) groups is 2. The monoisotopic (exact) mass is 624 g/mol. The Morgan fingerprint density at radius 1 is 0.932 bits per heavy atom. The lowest BCUT2D eigenvalue weighted by molar-refractivity contribution is -0.140. The zero-order chi connectivity index (χ0) is 31.7. The second-order valence-corrected chi connectivity index (χ2v) is 13.2. The number of rotatable bonds is 13. The molecule has 0 aliphatic heterocycles. The number of ether oxygens (including phenoxy) is 1. The molecule has 1 saturated carbocycles. The number of hydrogen-bond donors (Lipinski definition) is 1. The first-order valence-corrected chi connectivity index (χ1v) is 16.2.